The van der Waals surface area contributed by atoms with Crippen LogP contribution in [0.2, 0.25) is 0 Å². The zero-order chi connectivity index (χ0) is 17.4. The zero-order valence-electron chi connectivity index (χ0n) is 15.3. The van der Waals surface area contributed by atoms with Gasteiger partial charge in [-0.05, 0) is 55.9 Å². The number of ether oxygens (including phenoxy) is 1. The van der Waals surface area contributed by atoms with E-state index in [4.69, 9.17) is 4.74 Å². The van der Waals surface area contributed by atoms with Crippen LogP contribution in [0.1, 0.15) is 33.6 Å². The summed E-state index contributed by atoms with van der Waals surface area (Å²) in [6.45, 7) is 7.55. The fraction of sp³-hybridized carbons (Fsp3) is 0.364. The van der Waals surface area contributed by atoms with Crippen LogP contribution in [0, 0.1) is 5.92 Å². The molecule has 0 saturated carbocycles. The van der Waals surface area contributed by atoms with Gasteiger partial charge in [-0.2, -0.15) is 0 Å². The van der Waals surface area contributed by atoms with Crippen LogP contribution in [-0.4, -0.2) is 13.7 Å². The van der Waals surface area contributed by atoms with Crippen molar-refractivity contribution in [3.05, 3.63) is 60.2 Å². The van der Waals surface area contributed by atoms with Crippen LogP contribution in [0.25, 0.3) is 11.1 Å². The van der Waals surface area contributed by atoms with Crippen molar-refractivity contribution >= 4 is 5.69 Å². The van der Waals surface area contributed by atoms with Crippen molar-refractivity contribution in [1.29, 1.82) is 0 Å². The number of hydrogen-bond donors (Lipinski definition) is 1. The molecule has 0 aliphatic carbocycles. The highest BCUT2D eigenvalue weighted by molar-refractivity contribution is 5.71. The highest BCUT2D eigenvalue weighted by Gasteiger charge is 2.08. The van der Waals surface area contributed by atoms with Crippen molar-refractivity contribution in [2.75, 3.05) is 19.0 Å². The Kier molecular flexibility index (Phi) is 6.92. The van der Waals surface area contributed by atoms with Crippen molar-refractivity contribution in [3.8, 4) is 16.9 Å². The predicted molar refractivity (Wildman–Crippen MR) is 105 cm³/mol. The standard InChI is InChI=1S/C22H29NO/c1-17(2)9-8-10-18(3)16-23-21-15-20(13-14-22(21)24-4)19-11-6-5-7-12-19/h5-7,9,11-15,18,23H,8,10,16H2,1-4H3. The smallest absolute Gasteiger partial charge is 0.141 e. The van der Waals surface area contributed by atoms with Crippen molar-refractivity contribution < 1.29 is 4.74 Å². The van der Waals surface area contributed by atoms with Gasteiger partial charge in [-0.3, -0.25) is 0 Å². The summed E-state index contributed by atoms with van der Waals surface area (Å²) in [4.78, 5) is 0. The van der Waals surface area contributed by atoms with Gasteiger partial charge in [0, 0.05) is 6.54 Å². The Bertz CT molecular complexity index is 657. The second kappa shape index (κ2) is 9.17. The minimum Gasteiger partial charge on any atom is -0.495 e. The van der Waals surface area contributed by atoms with E-state index in [1.165, 1.54) is 23.1 Å². The SMILES string of the molecule is COc1ccc(-c2ccccc2)cc1NCC(C)CCC=C(C)C. The first-order chi connectivity index (χ1) is 11.6. The van der Waals surface area contributed by atoms with Gasteiger partial charge in [0.25, 0.3) is 0 Å². The largest absolute Gasteiger partial charge is 0.495 e. The van der Waals surface area contributed by atoms with Crippen LogP contribution in [0.5, 0.6) is 5.75 Å². The number of hydrogen-bond acceptors (Lipinski definition) is 2. The molecular weight excluding hydrogens is 294 g/mol. The Labute approximate surface area is 146 Å². The molecule has 1 N–H and O–H groups in total. The van der Waals surface area contributed by atoms with Crippen molar-refractivity contribution in [2.45, 2.75) is 33.6 Å². The van der Waals surface area contributed by atoms with E-state index >= 15 is 0 Å². The fourth-order valence-corrected chi connectivity index (χ4v) is 2.70. The Morgan fingerprint density at radius 3 is 2.50 bits per heavy atom. The van der Waals surface area contributed by atoms with E-state index in [9.17, 15) is 0 Å². The molecule has 1 atom stereocenters. The maximum absolute atomic E-state index is 5.51. The molecule has 0 amide bonds. The van der Waals surface area contributed by atoms with E-state index in [0.29, 0.717) is 5.92 Å². The van der Waals surface area contributed by atoms with Gasteiger partial charge < -0.3 is 10.1 Å². The molecule has 2 heteroatoms. The van der Waals surface area contributed by atoms with Crippen molar-refractivity contribution in [1.82, 2.24) is 0 Å². The van der Waals surface area contributed by atoms with Gasteiger partial charge in [-0.1, -0.05) is 55.0 Å². The first-order valence-corrected chi connectivity index (χ1v) is 8.71. The molecule has 0 bridgehead atoms. The third-order valence-corrected chi connectivity index (χ3v) is 4.16. The lowest BCUT2D eigenvalue weighted by molar-refractivity contribution is 0.416. The van der Waals surface area contributed by atoms with Gasteiger partial charge in [-0.25, -0.2) is 0 Å². The topological polar surface area (TPSA) is 21.3 Å². The maximum atomic E-state index is 5.51. The predicted octanol–water partition coefficient (Wildman–Crippen LogP) is 6.16. The molecule has 2 aromatic rings. The summed E-state index contributed by atoms with van der Waals surface area (Å²) < 4.78 is 5.51. The number of allylic oxidation sites excluding steroid dienone is 2. The van der Waals surface area contributed by atoms with Gasteiger partial charge in [0.05, 0.1) is 12.8 Å². The maximum Gasteiger partial charge on any atom is 0.141 e. The molecule has 0 aliphatic heterocycles. The molecular formula is C22H29NO. The Morgan fingerprint density at radius 2 is 1.83 bits per heavy atom. The van der Waals surface area contributed by atoms with Gasteiger partial charge >= 0.3 is 0 Å². The molecule has 0 saturated heterocycles. The summed E-state index contributed by atoms with van der Waals surface area (Å²) in [7, 11) is 1.72. The third-order valence-electron chi connectivity index (χ3n) is 4.16. The van der Waals surface area contributed by atoms with E-state index < -0.39 is 0 Å². The molecule has 0 radical (unpaired) electrons. The Morgan fingerprint density at radius 1 is 1.08 bits per heavy atom. The van der Waals surface area contributed by atoms with Crippen LogP contribution in [-0.2, 0) is 0 Å². The minimum absolute atomic E-state index is 0.616. The fourth-order valence-electron chi connectivity index (χ4n) is 2.70. The monoisotopic (exact) mass is 323 g/mol. The second-order valence-corrected chi connectivity index (χ2v) is 6.63. The molecule has 128 valence electrons. The molecule has 2 rings (SSSR count). The van der Waals surface area contributed by atoms with Gasteiger partial charge in [0.1, 0.15) is 5.75 Å². The summed E-state index contributed by atoms with van der Waals surface area (Å²) >= 11 is 0. The second-order valence-electron chi connectivity index (χ2n) is 6.63. The molecule has 0 aromatic heterocycles. The number of anilines is 1. The molecule has 2 nitrogen and oxygen atoms in total. The van der Waals surface area contributed by atoms with Crippen LogP contribution < -0.4 is 10.1 Å². The summed E-state index contributed by atoms with van der Waals surface area (Å²) in [5.74, 6) is 1.51. The Balaban J connectivity index is 2.04. The average molecular weight is 323 g/mol. The lowest BCUT2D eigenvalue weighted by atomic mass is 10.0. The molecule has 24 heavy (non-hydrogen) atoms. The lowest BCUT2D eigenvalue weighted by Crippen LogP contribution is -2.11. The zero-order valence-corrected chi connectivity index (χ0v) is 15.3. The van der Waals surface area contributed by atoms with Gasteiger partial charge in [0.2, 0.25) is 0 Å². The van der Waals surface area contributed by atoms with E-state index in [0.717, 1.165) is 24.4 Å². The third kappa shape index (κ3) is 5.45. The first kappa shape index (κ1) is 18.1. The van der Waals surface area contributed by atoms with Crippen LogP contribution >= 0.6 is 0 Å². The normalized spacial score (nSPS) is 11.7. The molecule has 2 aromatic carbocycles. The first-order valence-electron chi connectivity index (χ1n) is 8.71. The van der Waals surface area contributed by atoms with Crippen LogP contribution in [0.15, 0.2) is 60.2 Å². The minimum atomic E-state index is 0.616. The summed E-state index contributed by atoms with van der Waals surface area (Å²) in [5, 5.41) is 3.57. The van der Waals surface area contributed by atoms with Crippen molar-refractivity contribution in [3.63, 3.8) is 0 Å². The highest BCUT2D eigenvalue weighted by Crippen LogP contribution is 2.30. The van der Waals surface area contributed by atoms with E-state index in [1.54, 1.807) is 7.11 Å². The number of rotatable bonds is 8. The average Bonchev–Trinajstić information content (AvgIpc) is 2.60. The lowest BCUT2D eigenvalue weighted by Gasteiger charge is -2.16. The summed E-state index contributed by atoms with van der Waals surface area (Å²) in [6, 6.07) is 16.8. The van der Waals surface area contributed by atoms with E-state index in [1.807, 2.05) is 12.1 Å². The molecule has 1 unspecified atom stereocenters. The van der Waals surface area contributed by atoms with E-state index in [2.05, 4.69) is 68.6 Å². The molecule has 0 spiro atoms. The Hall–Kier alpha value is -2.22. The number of nitrogens with one attached hydrogen (secondary N) is 1. The van der Waals surface area contributed by atoms with Gasteiger partial charge in [0.15, 0.2) is 0 Å². The van der Waals surface area contributed by atoms with E-state index in [-0.39, 0.29) is 0 Å². The summed E-state index contributed by atoms with van der Waals surface area (Å²) in [6.07, 6.45) is 4.65. The van der Waals surface area contributed by atoms with Crippen molar-refractivity contribution in [2.24, 2.45) is 5.92 Å². The quantitative estimate of drug-likeness (QED) is 0.588. The molecule has 0 heterocycles. The van der Waals surface area contributed by atoms with Crippen LogP contribution in [0.4, 0.5) is 5.69 Å². The van der Waals surface area contributed by atoms with Gasteiger partial charge in [-0.15, -0.1) is 0 Å². The number of benzene rings is 2. The van der Waals surface area contributed by atoms with Crippen LogP contribution in [0.3, 0.4) is 0 Å². The highest BCUT2D eigenvalue weighted by atomic mass is 16.5. The summed E-state index contributed by atoms with van der Waals surface area (Å²) in [5.41, 5.74) is 4.89. The molecule has 0 fully saturated rings. The molecule has 0 aliphatic rings. The number of methoxy groups -OCH3 is 1.